The van der Waals surface area contributed by atoms with E-state index in [1.807, 2.05) is 19.9 Å². The molecule has 0 aromatic heterocycles. The van der Waals surface area contributed by atoms with E-state index in [0.717, 1.165) is 0 Å². The van der Waals surface area contributed by atoms with Gasteiger partial charge in [-0.1, -0.05) is 29.3 Å². The van der Waals surface area contributed by atoms with Crippen LogP contribution < -0.4 is 19.5 Å². The van der Waals surface area contributed by atoms with Gasteiger partial charge in [-0.15, -0.1) is 0 Å². The molecule has 0 aliphatic heterocycles. The van der Waals surface area contributed by atoms with Gasteiger partial charge in [0.2, 0.25) is 0 Å². The quantitative estimate of drug-likeness (QED) is 0.194. The Morgan fingerprint density at radius 2 is 1.69 bits per heavy atom. The first-order valence-electron chi connectivity index (χ1n) is 11.0. The van der Waals surface area contributed by atoms with Crippen LogP contribution in [-0.4, -0.2) is 19.1 Å². The van der Waals surface area contributed by atoms with Crippen molar-refractivity contribution >= 4 is 56.8 Å². The van der Waals surface area contributed by atoms with Crippen LogP contribution in [-0.2, 0) is 11.4 Å². The van der Waals surface area contributed by atoms with Gasteiger partial charge in [0, 0.05) is 21.3 Å². The van der Waals surface area contributed by atoms with E-state index >= 15 is 0 Å². The third-order valence-corrected chi connectivity index (χ3v) is 6.15. The fourth-order valence-corrected chi connectivity index (χ4v) is 4.28. The average molecular weight is 590 g/mol. The van der Waals surface area contributed by atoms with E-state index in [1.54, 1.807) is 54.6 Å². The van der Waals surface area contributed by atoms with E-state index in [-0.39, 0.29) is 12.2 Å². The molecule has 0 aliphatic rings. The highest BCUT2D eigenvalue weighted by Gasteiger charge is 2.16. The standard InChI is InChI=1S/C27H23BrCl2N2O4/c1-3-34-20-10-8-19(9-11-20)32-27(33)18(15-31)12-17-13-22(28)26(25(14-17)35-4-2)36-16-21-23(29)6-5-7-24(21)30/h5-14H,3-4,16H2,1-2H3,(H,32,33)/b18-12-. The Labute approximate surface area is 228 Å². The van der Waals surface area contributed by atoms with Gasteiger partial charge in [0.1, 0.15) is 24.0 Å². The smallest absolute Gasteiger partial charge is 0.266 e. The van der Waals surface area contributed by atoms with Crippen molar-refractivity contribution in [1.29, 1.82) is 5.26 Å². The third-order valence-electron chi connectivity index (χ3n) is 4.85. The van der Waals surface area contributed by atoms with E-state index in [9.17, 15) is 10.1 Å². The first-order chi connectivity index (χ1) is 17.4. The zero-order valence-corrected chi connectivity index (χ0v) is 22.7. The van der Waals surface area contributed by atoms with Crippen molar-refractivity contribution < 1.29 is 19.0 Å². The van der Waals surface area contributed by atoms with Gasteiger partial charge in [0.05, 0.1) is 17.7 Å². The Balaban J connectivity index is 1.83. The lowest BCUT2D eigenvalue weighted by Crippen LogP contribution is -2.13. The number of nitriles is 1. The van der Waals surface area contributed by atoms with Gasteiger partial charge in [-0.05, 0) is 89.9 Å². The summed E-state index contributed by atoms with van der Waals surface area (Å²) in [5.41, 5.74) is 1.70. The van der Waals surface area contributed by atoms with E-state index in [0.29, 0.717) is 61.8 Å². The molecule has 3 aromatic rings. The molecule has 0 fully saturated rings. The summed E-state index contributed by atoms with van der Waals surface area (Å²) in [5, 5.41) is 13.3. The van der Waals surface area contributed by atoms with Crippen LogP contribution in [0.25, 0.3) is 6.08 Å². The maximum atomic E-state index is 12.7. The van der Waals surface area contributed by atoms with Crippen molar-refractivity contribution in [2.75, 3.05) is 18.5 Å². The fourth-order valence-electron chi connectivity index (χ4n) is 3.20. The lowest BCUT2D eigenvalue weighted by Gasteiger charge is -2.16. The van der Waals surface area contributed by atoms with Crippen molar-refractivity contribution in [3.8, 4) is 23.3 Å². The second kappa shape index (κ2) is 13.2. The number of amides is 1. The van der Waals surface area contributed by atoms with Gasteiger partial charge >= 0.3 is 0 Å². The number of hydrogen-bond acceptors (Lipinski definition) is 5. The second-order valence-corrected chi connectivity index (χ2v) is 9.00. The Hall–Kier alpha value is -3.18. The van der Waals surface area contributed by atoms with Gasteiger partial charge in [0.25, 0.3) is 5.91 Å². The summed E-state index contributed by atoms with van der Waals surface area (Å²) in [6.45, 7) is 4.79. The Morgan fingerprint density at radius 1 is 1.03 bits per heavy atom. The number of halogens is 3. The molecule has 1 amide bonds. The molecule has 0 bridgehead atoms. The van der Waals surface area contributed by atoms with Crippen LogP contribution in [0.15, 0.2) is 64.6 Å². The van der Waals surface area contributed by atoms with Crippen LogP contribution in [0.4, 0.5) is 5.69 Å². The maximum Gasteiger partial charge on any atom is 0.266 e. The highest BCUT2D eigenvalue weighted by atomic mass is 79.9. The van der Waals surface area contributed by atoms with Crippen LogP contribution in [0.1, 0.15) is 25.0 Å². The van der Waals surface area contributed by atoms with Gasteiger partial charge in [0.15, 0.2) is 11.5 Å². The molecule has 0 radical (unpaired) electrons. The molecule has 0 unspecified atom stereocenters. The van der Waals surface area contributed by atoms with Crippen molar-refractivity contribution in [2.45, 2.75) is 20.5 Å². The first-order valence-corrected chi connectivity index (χ1v) is 12.6. The van der Waals surface area contributed by atoms with Crippen LogP contribution >= 0.6 is 39.1 Å². The second-order valence-electron chi connectivity index (χ2n) is 7.33. The third kappa shape index (κ3) is 7.17. The van der Waals surface area contributed by atoms with E-state index in [2.05, 4.69) is 21.2 Å². The van der Waals surface area contributed by atoms with Gasteiger partial charge in [-0.25, -0.2) is 0 Å². The summed E-state index contributed by atoms with van der Waals surface area (Å²) in [4.78, 5) is 12.7. The molecule has 186 valence electrons. The lowest BCUT2D eigenvalue weighted by molar-refractivity contribution is -0.112. The number of carbonyl (C=O) groups excluding carboxylic acids is 1. The summed E-state index contributed by atoms with van der Waals surface area (Å²) in [6.07, 6.45) is 1.48. The Kier molecular flexibility index (Phi) is 10.1. The number of rotatable bonds is 10. The van der Waals surface area contributed by atoms with Crippen LogP contribution in [0.3, 0.4) is 0 Å². The van der Waals surface area contributed by atoms with Crippen molar-refractivity contribution in [1.82, 2.24) is 0 Å². The normalized spacial score (nSPS) is 10.9. The number of nitrogens with zero attached hydrogens (tertiary/aromatic N) is 1. The highest BCUT2D eigenvalue weighted by Crippen LogP contribution is 2.39. The molecular formula is C27H23BrCl2N2O4. The summed E-state index contributed by atoms with van der Waals surface area (Å²) in [7, 11) is 0. The maximum absolute atomic E-state index is 12.7. The number of anilines is 1. The molecule has 0 spiro atoms. The molecule has 0 atom stereocenters. The van der Waals surface area contributed by atoms with E-state index < -0.39 is 5.91 Å². The number of ether oxygens (including phenoxy) is 3. The minimum Gasteiger partial charge on any atom is -0.494 e. The van der Waals surface area contributed by atoms with Gasteiger partial charge < -0.3 is 19.5 Å². The molecule has 9 heteroatoms. The van der Waals surface area contributed by atoms with Crippen molar-refractivity contribution in [3.05, 3.63) is 85.8 Å². The summed E-state index contributed by atoms with van der Waals surface area (Å²) in [5.74, 6) is 1.04. The van der Waals surface area contributed by atoms with Crippen molar-refractivity contribution in [2.24, 2.45) is 0 Å². The lowest BCUT2D eigenvalue weighted by atomic mass is 10.1. The van der Waals surface area contributed by atoms with Gasteiger partial charge in [-0.2, -0.15) is 5.26 Å². The molecule has 36 heavy (non-hydrogen) atoms. The summed E-state index contributed by atoms with van der Waals surface area (Å²) >= 11 is 16.0. The molecule has 0 saturated carbocycles. The van der Waals surface area contributed by atoms with Crippen LogP contribution in [0.2, 0.25) is 10.0 Å². The van der Waals surface area contributed by atoms with Crippen molar-refractivity contribution in [3.63, 3.8) is 0 Å². The number of nitrogens with one attached hydrogen (secondary N) is 1. The highest BCUT2D eigenvalue weighted by molar-refractivity contribution is 9.10. The Bertz CT molecular complexity index is 1280. The van der Waals surface area contributed by atoms with Crippen LogP contribution in [0.5, 0.6) is 17.2 Å². The largest absolute Gasteiger partial charge is 0.494 e. The molecule has 3 aromatic carbocycles. The molecule has 6 nitrogen and oxygen atoms in total. The molecule has 0 saturated heterocycles. The summed E-state index contributed by atoms with van der Waals surface area (Å²) < 4.78 is 17.7. The number of carbonyl (C=O) groups is 1. The summed E-state index contributed by atoms with van der Waals surface area (Å²) in [6, 6.07) is 17.5. The molecule has 3 rings (SSSR count). The van der Waals surface area contributed by atoms with E-state index in [4.69, 9.17) is 37.4 Å². The minimum absolute atomic E-state index is 0.0743. The number of benzene rings is 3. The monoisotopic (exact) mass is 588 g/mol. The predicted octanol–water partition coefficient (Wildman–Crippen LogP) is 7.68. The van der Waals surface area contributed by atoms with Gasteiger partial charge in [-0.3, -0.25) is 4.79 Å². The molecular weight excluding hydrogens is 567 g/mol. The number of hydrogen-bond donors (Lipinski definition) is 1. The van der Waals surface area contributed by atoms with E-state index in [1.165, 1.54) is 6.08 Å². The predicted molar refractivity (Wildman–Crippen MR) is 146 cm³/mol. The minimum atomic E-state index is -0.538. The zero-order chi connectivity index (χ0) is 26.1. The molecule has 1 N–H and O–H groups in total. The topological polar surface area (TPSA) is 80.6 Å². The Morgan fingerprint density at radius 3 is 2.31 bits per heavy atom. The molecule has 0 heterocycles. The zero-order valence-electron chi connectivity index (χ0n) is 19.6. The first kappa shape index (κ1) is 27.4. The average Bonchev–Trinajstić information content (AvgIpc) is 2.85. The fraction of sp³-hybridized carbons (Fsp3) is 0.185. The SMILES string of the molecule is CCOc1ccc(NC(=O)/C(C#N)=C\c2cc(Br)c(OCc3c(Cl)cccc3Cl)c(OCC)c2)cc1. The van der Waals surface area contributed by atoms with Crippen LogP contribution in [0, 0.1) is 11.3 Å². The molecule has 0 aliphatic carbocycles.